The number of carbonyl (C=O) groups is 1. The number of para-hydroxylation sites is 1. The molecule has 1 atom stereocenters. The van der Waals surface area contributed by atoms with Gasteiger partial charge in [0.05, 0.1) is 12.5 Å². The predicted octanol–water partition coefficient (Wildman–Crippen LogP) is 4.36. The minimum atomic E-state index is 0.0184. The summed E-state index contributed by atoms with van der Waals surface area (Å²) in [5.74, 6) is 0.780. The van der Waals surface area contributed by atoms with E-state index in [-0.39, 0.29) is 11.8 Å². The lowest BCUT2D eigenvalue weighted by atomic mass is 9.91. The van der Waals surface area contributed by atoms with Crippen LogP contribution in [0.5, 0.6) is 0 Å². The Bertz CT molecular complexity index is 633. The number of amides is 1. The van der Waals surface area contributed by atoms with Crippen molar-refractivity contribution in [2.24, 2.45) is 5.92 Å². The number of hydrogen-bond donors (Lipinski definition) is 0. The molecule has 2 aromatic rings. The van der Waals surface area contributed by atoms with E-state index in [4.69, 9.17) is 0 Å². The van der Waals surface area contributed by atoms with Crippen LogP contribution in [-0.4, -0.2) is 5.91 Å². The molecular formula is C19H21NO. The van der Waals surface area contributed by atoms with Crippen molar-refractivity contribution >= 4 is 11.6 Å². The molecule has 21 heavy (non-hydrogen) atoms. The van der Waals surface area contributed by atoms with Gasteiger partial charge in [0.25, 0.3) is 0 Å². The number of benzene rings is 2. The van der Waals surface area contributed by atoms with Crippen LogP contribution in [0.25, 0.3) is 0 Å². The van der Waals surface area contributed by atoms with Crippen LogP contribution >= 0.6 is 0 Å². The maximum atomic E-state index is 12.8. The Kier molecular flexibility index (Phi) is 3.78. The summed E-state index contributed by atoms with van der Waals surface area (Å²) in [6, 6.07) is 18.4. The van der Waals surface area contributed by atoms with Crippen LogP contribution in [0.1, 0.15) is 37.3 Å². The highest BCUT2D eigenvalue weighted by Crippen LogP contribution is 2.41. The fourth-order valence-electron chi connectivity index (χ4n) is 3.10. The summed E-state index contributed by atoms with van der Waals surface area (Å²) in [6.45, 7) is 5.01. The highest BCUT2D eigenvalue weighted by atomic mass is 16.2. The average Bonchev–Trinajstić information content (AvgIpc) is 2.74. The quantitative estimate of drug-likeness (QED) is 0.814. The van der Waals surface area contributed by atoms with E-state index in [1.807, 2.05) is 35.2 Å². The first-order valence-electron chi connectivity index (χ1n) is 7.61. The van der Waals surface area contributed by atoms with Crippen molar-refractivity contribution in [3.05, 3.63) is 65.7 Å². The van der Waals surface area contributed by atoms with E-state index in [9.17, 15) is 4.79 Å². The number of hydrogen-bond acceptors (Lipinski definition) is 1. The fourth-order valence-corrected chi connectivity index (χ4v) is 3.10. The molecule has 108 valence electrons. The van der Waals surface area contributed by atoms with Gasteiger partial charge in [0.2, 0.25) is 5.91 Å². The second-order valence-corrected chi connectivity index (χ2v) is 6.15. The predicted molar refractivity (Wildman–Crippen MR) is 86.3 cm³/mol. The Balaban J connectivity index is 1.93. The first-order valence-corrected chi connectivity index (χ1v) is 7.61. The third-order valence-electron chi connectivity index (χ3n) is 4.06. The highest BCUT2D eigenvalue weighted by molar-refractivity contribution is 6.04. The van der Waals surface area contributed by atoms with Gasteiger partial charge >= 0.3 is 0 Å². The van der Waals surface area contributed by atoms with Crippen molar-refractivity contribution in [2.45, 2.75) is 32.7 Å². The van der Waals surface area contributed by atoms with Crippen LogP contribution in [0.2, 0.25) is 0 Å². The molecule has 1 unspecified atom stereocenters. The molecule has 0 spiro atoms. The maximum absolute atomic E-state index is 12.8. The van der Waals surface area contributed by atoms with E-state index in [0.29, 0.717) is 12.5 Å². The summed E-state index contributed by atoms with van der Waals surface area (Å²) in [6.07, 6.45) is 0.918. The second-order valence-electron chi connectivity index (χ2n) is 6.15. The van der Waals surface area contributed by atoms with Gasteiger partial charge in [-0.1, -0.05) is 62.4 Å². The summed E-state index contributed by atoms with van der Waals surface area (Å²) >= 11 is 0. The molecule has 0 fully saturated rings. The van der Waals surface area contributed by atoms with Gasteiger partial charge in [0, 0.05) is 5.69 Å². The van der Waals surface area contributed by atoms with E-state index in [1.165, 1.54) is 11.1 Å². The Morgan fingerprint density at radius 2 is 1.67 bits per heavy atom. The molecule has 0 bridgehead atoms. The molecule has 0 saturated heterocycles. The first kappa shape index (κ1) is 13.9. The number of carbonyl (C=O) groups excluding carboxylic acids is 1. The zero-order valence-electron chi connectivity index (χ0n) is 12.6. The van der Waals surface area contributed by atoms with Crippen LogP contribution < -0.4 is 4.90 Å². The lowest BCUT2D eigenvalue weighted by molar-refractivity contribution is -0.119. The SMILES string of the molecule is CC(C)CC1C(=O)N(Cc2ccccc2)c2ccccc21. The van der Waals surface area contributed by atoms with Crippen molar-refractivity contribution in [1.82, 2.24) is 0 Å². The Morgan fingerprint density at radius 1 is 1.00 bits per heavy atom. The third-order valence-corrected chi connectivity index (χ3v) is 4.06. The largest absolute Gasteiger partial charge is 0.307 e. The van der Waals surface area contributed by atoms with Crippen molar-refractivity contribution in [3.8, 4) is 0 Å². The molecule has 1 aliphatic rings. The molecule has 0 N–H and O–H groups in total. The first-order chi connectivity index (χ1) is 10.2. The normalized spacial score (nSPS) is 17.4. The Morgan fingerprint density at radius 3 is 2.38 bits per heavy atom. The number of rotatable bonds is 4. The smallest absolute Gasteiger partial charge is 0.234 e. The molecular weight excluding hydrogens is 258 g/mol. The molecule has 0 aromatic heterocycles. The molecule has 0 saturated carbocycles. The number of anilines is 1. The lowest BCUT2D eigenvalue weighted by Gasteiger charge is -2.18. The molecule has 2 nitrogen and oxygen atoms in total. The standard InChI is InChI=1S/C19H21NO/c1-14(2)12-17-16-10-6-7-11-18(16)20(19(17)21)13-15-8-4-3-5-9-15/h3-11,14,17H,12-13H2,1-2H3. The van der Waals surface area contributed by atoms with E-state index >= 15 is 0 Å². The van der Waals surface area contributed by atoms with E-state index in [1.54, 1.807) is 0 Å². The second kappa shape index (κ2) is 5.72. The van der Waals surface area contributed by atoms with E-state index < -0.39 is 0 Å². The molecule has 1 amide bonds. The summed E-state index contributed by atoms with van der Waals surface area (Å²) in [5, 5.41) is 0. The molecule has 1 heterocycles. The Hall–Kier alpha value is -2.09. The number of nitrogens with zero attached hydrogens (tertiary/aromatic N) is 1. The molecule has 3 rings (SSSR count). The highest BCUT2D eigenvalue weighted by Gasteiger charge is 2.36. The van der Waals surface area contributed by atoms with Crippen LogP contribution in [0.15, 0.2) is 54.6 Å². The van der Waals surface area contributed by atoms with Gasteiger partial charge in [-0.15, -0.1) is 0 Å². The van der Waals surface area contributed by atoms with Gasteiger partial charge in [-0.3, -0.25) is 4.79 Å². The van der Waals surface area contributed by atoms with Gasteiger partial charge in [-0.2, -0.15) is 0 Å². The third kappa shape index (κ3) is 2.71. The fraction of sp³-hybridized carbons (Fsp3) is 0.316. The zero-order valence-corrected chi connectivity index (χ0v) is 12.6. The monoisotopic (exact) mass is 279 g/mol. The van der Waals surface area contributed by atoms with E-state index in [2.05, 4.69) is 38.1 Å². The van der Waals surface area contributed by atoms with E-state index in [0.717, 1.165) is 12.1 Å². The Labute approximate surface area is 126 Å². The zero-order chi connectivity index (χ0) is 14.8. The summed E-state index contributed by atoms with van der Waals surface area (Å²) < 4.78 is 0. The minimum absolute atomic E-state index is 0.0184. The summed E-state index contributed by atoms with van der Waals surface area (Å²) in [5.41, 5.74) is 3.44. The molecule has 2 aromatic carbocycles. The van der Waals surface area contributed by atoms with Crippen molar-refractivity contribution in [2.75, 3.05) is 4.90 Å². The van der Waals surface area contributed by atoms with Crippen molar-refractivity contribution < 1.29 is 4.79 Å². The van der Waals surface area contributed by atoms with Crippen LogP contribution in [0.4, 0.5) is 5.69 Å². The minimum Gasteiger partial charge on any atom is -0.307 e. The maximum Gasteiger partial charge on any atom is 0.234 e. The van der Waals surface area contributed by atoms with Gasteiger partial charge in [-0.25, -0.2) is 0 Å². The van der Waals surface area contributed by atoms with Gasteiger partial charge in [-0.05, 0) is 29.5 Å². The molecule has 1 aliphatic heterocycles. The van der Waals surface area contributed by atoms with Crippen LogP contribution in [0.3, 0.4) is 0 Å². The van der Waals surface area contributed by atoms with Gasteiger partial charge in [0.1, 0.15) is 0 Å². The molecule has 2 heteroatoms. The van der Waals surface area contributed by atoms with Gasteiger partial charge in [0.15, 0.2) is 0 Å². The van der Waals surface area contributed by atoms with Crippen LogP contribution in [-0.2, 0) is 11.3 Å². The number of fused-ring (bicyclic) bond motifs is 1. The van der Waals surface area contributed by atoms with Crippen molar-refractivity contribution in [3.63, 3.8) is 0 Å². The lowest BCUT2D eigenvalue weighted by Crippen LogP contribution is -2.28. The van der Waals surface area contributed by atoms with Gasteiger partial charge < -0.3 is 4.90 Å². The van der Waals surface area contributed by atoms with Crippen molar-refractivity contribution in [1.29, 1.82) is 0 Å². The topological polar surface area (TPSA) is 20.3 Å². The molecule has 0 aliphatic carbocycles. The van der Waals surface area contributed by atoms with Crippen LogP contribution in [0, 0.1) is 5.92 Å². The summed E-state index contributed by atoms with van der Waals surface area (Å²) in [7, 11) is 0. The molecule has 0 radical (unpaired) electrons. The summed E-state index contributed by atoms with van der Waals surface area (Å²) in [4.78, 5) is 14.8. The average molecular weight is 279 g/mol.